The first-order valence-electron chi connectivity index (χ1n) is 6.95. The third-order valence-corrected chi connectivity index (χ3v) is 3.62. The number of hydrogen-bond acceptors (Lipinski definition) is 3. The molecule has 0 aromatic heterocycles. The second-order valence-electron chi connectivity index (χ2n) is 4.97. The summed E-state index contributed by atoms with van der Waals surface area (Å²) in [6.45, 7) is 3.99. The summed E-state index contributed by atoms with van der Waals surface area (Å²) in [5.74, 6) is 0.0414. The number of hydrogen-bond donors (Lipinski definition) is 2. The van der Waals surface area contributed by atoms with Crippen LogP contribution in [0.5, 0.6) is 0 Å². The molecule has 4 nitrogen and oxygen atoms in total. The maximum atomic E-state index is 11.8. The molecule has 1 atom stereocenters. The van der Waals surface area contributed by atoms with Crippen molar-refractivity contribution in [2.45, 2.75) is 25.8 Å². The Hall–Kier alpha value is -1.39. The highest BCUT2D eigenvalue weighted by Crippen LogP contribution is 2.28. The summed E-state index contributed by atoms with van der Waals surface area (Å²) in [6, 6.07) is 8.11. The Morgan fingerprint density at radius 3 is 3.00 bits per heavy atom. The van der Waals surface area contributed by atoms with Crippen LogP contribution in [0.2, 0.25) is 0 Å². The number of amides is 1. The predicted octanol–water partition coefficient (Wildman–Crippen LogP) is 1.10. The zero-order valence-electron chi connectivity index (χ0n) is 11.4. The van der Waals surface area contributed by atoms with Crippen molar-refractivity contribution in [3.8, 4) is 0 Å². The van der Waals surface area contributed by atoms with Crippen LogP contribution in [-0.4, -0.2) is 42.2 Å². The van der Waals surface area contributed by atoms with Crippen LogP contribution in [0.3, 0.4) is 0 Å². The van der Waals surface area contributed by atoms with E-state index in [-0.39, 0.29) is 18.6 Å². The Morgan fingerprint density at radius 2 is 2.26 bits per heavy atom. The van der Waals surface area contributed by atoms with Crippen LogP contribution < -0.4 is 5.32 Å². The first kappa shape index (κ1) is 14.0. The standard InChI is InChI=1S/C15H22N2O2/c1-2-8-16-15(19)10-17-9-7-12-5-3-4-6-13(12)14(17)11-18/h3-6,14,18H,2,7-11H2,1H3,(H,16,19). The highest BCUT2D eigenvalue weighted by molar-refractivity contribution is 5.78. The summed E-state index contributed by atoms with van der Waals surface area (Å²) >= 11 is 0. The summed E-state index contributed by atoms with van der Waals surface area (Å²) in [7, 11) is 0. The quantitative estimate of drug-likeness (QED) is 0.835. The van der Waals surface area contributed by atoms with E-state index in [1.54, 1.807) is 0 Å². The van der Waals surface area contributed by atoms with Gasteiger partial charge in [0, 0.05) is 13.1 Å². The Balaban J connectivity index is 2.05. The first-order valence-corrected chi connectivity index (χ1v) is 6.95. The van der Waals surface area contributed by atoms with Gasteiger partial charge in [0.1, 0.15) is 0 Å². The van der Waals surface area contributed by atoms with Crippen LogP contribution in [0.25, 0.3) is 0 Å². The van der Waals surface area contributed by atoms with Gasteiger partial charge < -0.3 is 10.4 Å². The Kier molecular flexibility index (Phi) is 4.93. The molecule has 0 spiro atoms. The van der Waals surface area contributed by atoms with Crippen molar-refractivity contribution < 1.29 is 9.90 Å². The van der Waals surface area contributed by atoms with Crippen molar-refractivity contribution in [1.29, 1.82) is 0 Å². The van der Waals surface area contributed by atoms with Gasteiger partial charge in [-0.05, 0) is 24.0 Å². The lowest BCUT2D eigenvalue weighted by Gasteiger charge is -2.35. The second-order valence-corrected chi connectivity index (χ2v) is 4.97. The van der Waals surface area contributed by atoms with Crippen molar-refractivity contribution in [3.63, 3.8) is 0 Å². The van der Waals surface area contributed by atoms with E-state index in [1.807, 2.05) is 25.1 Å². The molecule has 1 aromatic rings. The van der Waals surface area contributed by atoms with Crippen LogP contribution in [0.1, 0.15) is 30.5 Å². The minimum absolute atomic E-state index is 0.0414. The van der Waals surface area contributed by atoms with Gasteiger partial charge in [-0.25, -0.2) is 0 Å². The topological polar surface area (TPSA) is 52.6 Å². The Bertz CT molecular complexity index is 434. The molecule has 104 valence electrons. The van der Waals surface area contributed by atoms with Crippen molar-refractivity contribution in [2.24, 2.45) is 0 Å². The Morgan fingerprint density at radius 1 is 1.47 bits per heavy atom. The maximum Gasteiger partial charge on any atom is 0.234 e. The van der Waals surface area contributed by atoms with Gasteiger partial charge >= 0.3 is 0 Å². The van der Waals surface area contributed by atoms with E-state index in [9.17, 15) is 9.90 Å². The van der Waals surface area contributed by atoms with Gasteiger partial charge in [0.2, 0.25) is 5.91 Å². The summed E-state index contributed by atoms with van der Waals surface area (Å²) in [5, 5.41) is 12.5. The molecule has 0 bridgehead atoms. The van der Waals surface area contributed by atoms with Crippen LogP contribution in [0.4, 0.5) is 0 Å². The molecule has 1 aliphatic rings. The third-order valence-electron chi connectivity index (χ3n) is 3.62. The van der Waals surface area contributed by atoms with Gasteiger partial charge in [-0.15, -0.1) is 0 Å². The smallest absolute Gasteiger partial charge is 0.234 e. The van der Waals surface area contributed by atoms with Crippen LogP contribution in [-0.2, 0) is 11.2 Å². The molecule has 1 aliphatic heterocycles. The average Bonchev–Trinajstić information content (AvgIpc) is 2.45. The number of rotatable bonds is 5. The van der Waals surface area contributed by atoms with Crippen LogP contribution >= 0.6 is 0 Å². The van der Waals surface area contributed by atoms with Gasteiger partial charge in [0.25, 0.3) is 0 Å². The molecule has 0 aliphatic carbocycles. The monoisotopic (exact) mass is 262 g/mol. The molecule has 0 saturated heterocycles. The van der Waals surface area contributed by atoms with Crippen molar-refractivity contribution in [1.82, 2.24) is 10.2 Å². The fraction of sp³-hybridized carbons (Fsp3) is 0.533. The molecular formula is C15H22N2O2. The molecule has 1 unspecified atom stereocenters. The first-order chi connectivity index (χ1) is 9.26. The number of fused-ring (bicyclic) bond motifs is 1. The second kappa shape index (κ2) is 6.68. The predicted molar refractivity (Wildman–Crippen MR) is 74.8 cm³/mol. The zero-order chi connectivity index (χ0) is 13.7. The normalized spacial score (nSPS) is 18.9. The fourth-order valence-electron chi connectivity index (χ4n) is 2.61. The van der Waals surface area contributed by atoms with Crippen molar-refractivity contribution in [2.75, 3.05) is 26.2 Å². The molecule has 1 heterocycles. The number of nitrogens with zero attached hydrogens (tertiary/aromatic N) is 1. The molecule has 1 aromatic carbocycles. The Labute approximate surface area is 114 Å². The van der Waals surface area contributed by atoms with E-state index >= 15 is 0 Å². The number of carbonyl (C=O) groups excluding carboxylic acids is 1. The molecule has 19 heavy (non-hydrogen) atoms. The fourth-order valence-corrected chi connectivity index (χ4v) is 2.61. The summed E-state index contributed by atoms with van der Waals surface area (Å²) in [6.07, 6.45) is 1.88. The molecule has 0 fully saturated rings. The lowest BCUT2D eigenvalue weighted by atomic mass is 9.93. The zero-order valence-corrected chi connectivity index (χ0v) is 11.4. The summed E-state index contributed by atoms with van der Waals surface area (Å²) in [4.78, 5) is 13.9. The van der Waals surface area contributed by atoms with E-state index in [4.69, 9.17) is 0 Å². The molecule has 2 rings (SSSR count). The third kappa shape index (κ3) is 3.33. The molecule has 1 amide bonds. The number of carbonyl (C=O) groups is 1. The molecule has 0 radical (unpaired) electrons. The minimum Gasteiger partial charge on any atom is -0.394 e. The van der Waals surface area contributed by atoms with E-state index in [2.05, 4.69) is 16.3 Å². The highest BCUT2D eigenvalue weighted by Gasteiger charge is 2.27. The van der Waals surface area contributed by atoms with Crippen LogP contribution in [0, 0.1) is 0 Å². The highest BCUT2D eigenvalue weighted by atomic mass is 16.3. The number of aliphatic hydroxyl groups excluding tert-OH is 1. The number of nitrogens with one attached hydrogen (secondary N) is 1. The van der Waals surface area contributed by atoms with Crippen molar-refractivity contribution >= 4 is 5.91 Å². The average molecular weight is 262 g/mol. The van der Waals surface area contributed by atoms with Gasteiger partial charge in [-0.2, -0.15) is 0 Å². The number of aliphatic hydroxyl groups is 1. The molecular weight excluding hydrogens is 240 g/mol. The minimum atomic E-state index is -0.0580. The lowest BCUT2D eigenvalue weighted by molar-refractivity contribution is -0.123. The van der Waals surface area contributed by atoms with Crippen molar-refractivity contribution in [3.05, 3.63) is 35.4 Å². The van der Waals surface area contributed by atoms with Gasteiger partial charge in [0.15, 0.2) is 0 Å². The SMILES string of the molecule is CCCNC(=O)CN1CCc2ccccc2C1CO. The maximum absolute atomic E-state index is 11.8. The molecule has 2 N–H and O–H groups in total. The largest absolute Gasteiger partial charge is 0.394 e. The summed E-state index contributed by atoms with van der Waals surface area (Å²) in [5.41, 5.74) is 2.44. The van der Waals surface area contributed by atoms with Crippen LogP contribution in [0.15, 0.2) is 24.3 Å². The van der Waals surface area contributed by atoms with E-state index in [0.717, 1.165) is 24.9 Å². The van der Waals surface area contributed by atoms with E-state index < -0.39 is 0 Å². The molecule has 0 saturated carbocycles. The number of benzene rings is 1. The lowest BCUT2D eigenvalue weighted by Crippen LogP contribution is -2.43. The van der Waals surface area contributed by atoms with Gasteiger partial charge in [0.05, 0.1) is 19.2 Å². The van der Waals surface area contributed by atoms with E-state index in [0.29, 0.717) is 13.1 Å². The molecule has 4 heteroatoms. The van der Waals surface area contributed by atoms with Gasteiger partial charge in [-0.1, -0.05) is 31.2 Å². The summed E-state index contributed by atoms with van der Waals surface area (Å²) < 4.78 is 0. The van der Waals surface area contributed by atoms with Gasteiger partial charge in [-0.3, -0.25) is 9.69 Å². The van der Waals surface area contributed by atoms with E-state index in [1.165, 1.54) is 5.56 Å².